The van der Waals surface area contributed by atoms with Crippen molar-refractivity contribution in [2.45, 2.75) is 394 Å². The maximum Gasteiger partial charge on any atom is 0.472 e. The topological polar surface area (TPSA) is 237 Å². The van der Waals surface area contributed by atoms with Crippen molar-refractivity contribution >= 4 is 39.5 Å². The molecule has 552 valence electrons. The second kappa shape index (κ2) is 64.7. The fraction of sp³-hybridized carbons (Fsp3) is 0.946. The number of phosphoric acid groups is 2. The molecule has 0 bridgehead atoms. The molecular formula is C74H144O17P2. The highest BCUT2D eigenvalue weighted by Gasteiger charge is 2.30. The lowest BCUT2D eigenvalue weighted by Gasteiger charge is -2.21. The average molecular weight is 1370 g/mol. The number of hydrogen-bond acceptors (Lipinski definition) is 15. The minimum atomic E-state index is -4.96. The van der Waals surface area contributed by atoms with Crippen molar-refractivity contribution in [1.82, 2.24) is 0 Å². The van der Waals surface area contributed by atoms with E-state index in [1.807, 2.05) is 0 Å². The van der Waals surface area contributed by atoms with Crippen LogP contribution >= 0.6 is 15.6 Å². The van der Waals surface area contributed by atoms with E-state index in [1.165, 1.54) is 186 Å². The molecule has 0 amide bonds. The van der Waals surface area contributed by atoms with Gasteiger partial charge in [-0.3, -0.25) is 37.3 Å². The third kappa shape index (κ3) is 67.0. The van der Waals surface area contributed by atoms with Crippen molar-refractivity contribution in [3.8, 4) is 0 Å². The summed E-state index contributed by atoms with van der Waals surface area (Å²) >= 11 is 0. The number of carbonyl (C=O) groups excluding carboxylic acids is 4. The molecule has 0 aliphatic heterocycles. The maximum absolute atomic E-state index is 13.1. The Morgan fingerprint density at radius 1 is 0.312 bits per heavy atom. The highest BCUT2D eigenvalue weighted by atomic mass is 31.2. The molecular weight excluding hydrogens is 1220 g/mol. The van der Waals surface area contributed by atoms with Gasteiger partial charge in [0.1, 0.15) is 19.3 Å². The van der Waals surface area contributed by atoms with Gasteiger partial charge in [-0.1, -0.05) is 325 Å². The van der Waals surface area contributed by atoms with E-state index in [1.54, 1.807) is 0 Å². The van der Waals surface area contributed by atoms with Gasteiger partial charge in [-0.15, -0.1) is 0 Å². The van der Waals surface area contributed by atoms with Crippen LogP contribution in [0.1, 0.15) is 376 Å². The van der Waals surface area contributed by atoms with Crippen LogP contribution in [0.3, 0.4) is 0 Å². The smallest absolute Gasteiger partial charge is 0.462 e. The van der Waals surface area contributed by atoms with Crippen LogP contribution in [-0.4, -0.2) is 96.7 Å². The monoisotopic (exact) mass is 1370 g/mol. The van der Waals surface area contributed by atoms with E-state index in [0.29, 0.717) is 31.6 Å². The molecule has 0 heterocycles. The van der Waals surface area contributed by atoms with Crippen LogP contribution in [0.5, 0.6) is 0 Å². The highest BCUT2D eigenvalue weighted by molar-refractivity contribution is 7.47. The Morgan fingerprint density at radius 3 is 0.817 bits per heavy atom. The quantitative estimate of drug-likeness (QED) is 0.0222. The molecule has 0 aliphatic carbocycles. The fourth-order valence-electron chi connectivity index (χ4n) is 11.2. The van der Waals surface area contributed by atoms with Crippen molar-refractivity contribution in [1.29, 1.82) is 0 Å². The van der Waals surface area contributed by atoms with E-state index < -0.39 is 97.5 Å². The second-order valence-electron chi connectivity index (χ2n) is 27.9. The van der Waals surface area contributed by atoms with Gasteiger partial charge in [-0.25, -0.2) is 9.13 Å². The lowest BCUT2D eigenvalue weighted by Crippen LogP contribution is -2.30. The number of phosphoric ester groups is 2. The molecule has 19 heteroatoms. The third-order valence-corrected chi connectivity index (χ3v) is 19.4. The minimum absolute atomic E-state index is 0.102. The Kier molecular flexibility index (Phi) is 63.4. The van der Waals surface area contributed by atoms with Crippen molar-refractivity contribution < 1.29 is 80.2 Å². The van der Waals surface area contributed by atoms with Gasteiger partial charge in [0.2, 0.25) is 0 Å². The summed E-state index contributed by atoms with van der Waals surface area (Å²) in [5, 5.41) is 10.6. The number of rotatable bonds is 72. The number of ether oxygens (including phenoxy) is 4. The Balaban J connectivity index is 5.18. The molecule has 0 aromatic rings. The van der Waals surface area contributed by atoms with E-state index in [0.717, 1.165) is 102 Å². The van der Waals surface area contributed by atoms with Crippen LogP contribution in [0.2, 0.25) is 0 Å². The molecule has 0 rings (SSSR count). The van der Waals surface area contributed by atoms with Crippen LogP contribution in [0.4, 0.5) is 0 Å². The summed E-state index contributed by atoms with van der Waals surface area (Å²) in [4.78, 5) is 72.6. The van der Waals surface area contributed by atoms with Gasteiger partial charge in [-0.05, 0) is 43.4 Å². The molecule has 0 aromatic carbocycles. The largest absolute Gasteiger partial charge is 0.472 e. The van der Waals surface area contributed by atoms with Crippen LogP contribution < -0.4 is 0 Å². The summed E-state index contributed by atoms with van der Waals surface area (Å²) in [6.45, 7) is 11.8. The molecule has 0 radical (unpaired) electrons. The first-order valence-electron chi connectivity index (χ1n) is 38.4. The SMILES string of the molecule is CCCCCCCCCCCC(=O)OC[C@H](COP(=O)(O)OC[C@H](O)COP(=O)(O)OC[C@@H](COC(=O)CCCCCCCCCCCCC(C)CC)OC(=O)CCCCCCCCCCCCCCCCCCCCC(C)C)OC(=O)CCCCCCCCC(C)C. The van der Waals surface area contributed by atoms with Crippen molar-refractivity contribution in [2.24, 2.45) is 17.8 Å². The Morgan fingerprint density at radius 2 is 0.548 bits per heavy atom. The van der Waals surface area contributed by atoms with Gasteiger partial charge in [0.15, 0.2) is 12.2 Å². The summed E-state index contributed by atoms with van der Waals surface area (Å²) in [5.41, 5.74) is 0. The lowest BCUT2D eigenvalue weighted by molar-refractivity contribution is -0.161. The van der Waals surface area contributed by atoms with Crippen LogP contribution in [0.15, 0.2) is 0 Å². The number of carbonyl (C=O) groups is 4. The fourth-order valence-corrected chi connectivity index (χ4v) is 12.8. The standard InChI is InChI=1S/C74H144O17P2/c1-8-10-11-12-13-26-33-41-48-55-71(76)84-62-70(91-74(79)58-51-44-37-36-39-46-53-66(5)6)64-89-93(82,83)87-60-68(75)59-86-92(80,81)88-63-69(61-85-72(77)56-49-42-34-29-25-24-28-32-40-47-54-67(7)9-2)90-73(78)57-50-43-35-30-23-21-19-17-15-14-16-18-20-22-27-31-38-45-52-65(3)4/h65-70,75H,8-64H2,1-7H3,(H,80,81)(H,82,83)/t67?,68-,69-,70-/m1/s1. The molecule has 0 spiro atoms. The van der Waals surface area contributed by atoms with E-state index in [4.69, 9.17) is 37.0 Å². The van der Waals surface area contributed by atoms with Crippen molar-refractivity contribution in [3.05, 3.63) is 0 Å². The van der Waals surface area contributed by atoms with Crippen molar-refractivity contribution in [3.63, 3.8) is 0 Å². The number of esters is 4. The predicted molar refractivity (Wildman–Crippen MR) is 377 cm³/mol. The first-order chi connectivity index (χ1) is 44.8. The van der Waals surface area contributed by atoms with E-state index >= 15 is 0 Å². The first kappa shape index (κ1) is 91.1. The Bertz CT molecular complexity index is 1820. The second-order valence-corrected chi connectivity index (χ2v) is 30.8. The van der Waals surface area contributed by atoms with Gasteiger partial charge in [0, 0.05) is 25.7 Å². The molecule has 6 atom stereocenters. The zero-order valence-electron chi connectivity index (χ0n) is 60.7. The predicted octanol–water partition coefficient (Wildman–Crippen LogP) is 21.4. The lowest BCUT2D eigenvalue weighted by atomic mass is 9.99. The number of hydrogen-bond donors (Lipinski definition) is 3. The number of aliphatic hydroxyl groups is 1. The summed E-state index contributed by atoms with van der Waals surface area (Å²) in [6.07, 6.45) is 50.2. The first-order valence-corrected chi connectivity index (χ1v) is 41.4. The molecule has 3 N–H and O–H groups in total. The van der Waals surface area contributed by atoms with E-state index in [-0.39, 0.29) is 25.7 Å². The summed E-state index contributed by atoms with van der Waals surface area (Å²) in [7, 11) is -9.90. The van der Waals surface area contributed by atoms with E-state index in [9.17, 15) is 43.2 Å². The molecule has 0 saturated carbocycles. The van der Waals surface area contributed by atoms with Gasteiger partial charge in [0.05, 0.1) is 26.4 Å². The summed E-state index contributed by atoms with van der Waals surface area (Å²) in [5.74, 6) is 0.172. The Labute approximate surface area is 568 Å². The zero-order chi connectivity index (χ0) is 68.7. The number of unbranched alkanes of at least 4 members (excludes halogenated alkanes) is 39. The molecule has 17 nitrogen and oxygen atoms in total. The Hall–Kier alpha value is -1.94. The van der Waals surface area contributed by atoms with Gasteiger partial charge < -0.3 is 33.8 Å². The van der Waals surface area contributed by atoms with Gasteiger partial charge >= 0.3 is 39.5 Å². The van der Waals surface area contributed by atoms with Crippen LogP contribution in [0.25, 0.3) is 0 Å². The maximum atomic E-state index is 13.1. The summed E-state index contributed by atoms with van der Waals surface area (Å²) < 4.78 is 68.3. The molecule has 0 fully saturated rings. The van der Waals surface area contributed by atoms with E-state index in [2.05, 4.69) is 48.5 Å². The van der Waals surface area contributed by atoms with Gasteiger partial charge in [-0.2, -0.15) is 0 Å². The average Bonchev–Trinajstić information content (AvgIpc) is 3.22. The third-order valence-electron chi connectivity index (χ3n) is 17.5. The molecule has 0 aliphatic rings. The molecule has 93 heavy (non-hydrogen) atoms. The normalized spacial score (nSPS) is 14.4. The molecule has 0 saturated heterocycles. The number of aliphatic hydroxyl groups excluding tert-OH is 1. The summed E-state index contributed by atoms with van der Waals surface area (Å²) in [6, 6.07) is 0. The highest BCUT2D eigenvalue weighted by Crippen LogP contribution is 2.45. The molecule has 3 unspecified atom stereocenters. The van der Waals surface area contributed by atoms with Crippen LogP contribution in [-0.2, 0) is 65.4 Å². The van der Waals surface area contributed by atoms with Crippen LogP contribution in [0, 0.1) is 17.8 Å². The van der Waals surface area contributed by atoms with Gasteiger partial charge in [0.25, 0.3) is 0 Å². The zero-order valence-corrected chi connectivity index (χ0v) is 62.5. The molecule has 0 aromatic heterocycles. The minimum Gasteiger partial charge on any atom is -0.462 e. The van der Waals surface area contributed by atoms with Crippen molar-refractivity contribution in [2.75, 3.05) is 39.6 Å².